The van der Waals surface area contributed by atoms with Gasteiger partial charge in [0.15, 0.2) is 11.5 Å². The van der Waals surface area contributed by atoms with Gasteiger partial charge >= 0.3 is 0 Å². The average Bonchev–Trinajstić information content (AvgIpc) is 3.23. The van der Waals surface area contributed by atoms with Crippen molar-refractivity contribution >= 4 is 20.8 Å². The molecular weight excluding hydrogens is 374 g/mol. The van der Waals surface area contributed by atoms with Crippen LogP contribution >= 0.6 is 0 Å². The first-order valence-corrected chi connectivity index (χ1v) is 10.7. The lowest BCUT2D eigenvalue weighted by atomic mass is 10.0. The fraction of sp³-hybridized carbons (Fsp3) is 0.273. The number of nitrogens with zero attached hydrogens (tertiary/aromatic N) is 1. The molecule has 1 atom stereocenters. The second kappa shape index (κ2) is 7.45. The maximum Gasteiger partial charge on any atom is 0.243 e. The molecule has 1 heterocycles. The first kappa shape index (κ1) is 18.8. The summed E-state index contributed by atoms with van der Waals surface area (Å²) < 4.78 is 39.1. The maximum atomic E-state index is 13.4. The number of fused-ring (bicyclic) bond motifs is 1. The Hall–Kier alpha value is -2.57. The van der Waals surface area contributed by atoms with Gasteiger partial charge in [-0.1, -0.05) is 36.4 Å². The third-order valence-corrected chi connectivity index (χ3v) is 7.23. The van der Waals surface area contributed by atoms with Gasteiger partial charge < -0.3 is 9.47 Å². The third kappa shape index (κ3) is 3.23. The van der Waals surface area contributed by atoms with E-state index in [1.54, 1.807) is 30.7 Å². The second-order valence-electron chi connectivity index (χ2n) is 6.90. The van der Waals surface area contributed by atoms with Crippen LogP contribution in [0.15, 0.2) is 65.6 Å². The largest absolute Gasteiger partial charge is 0.493 e. The van der Waals surface area contributed by atoms with E-state index in [9.17, 15) is 8.42 Å². The van der Waals surface area contributed by atoms with Crippen molar-refractivity contribution in [3.63, 3.8) is 0 Å². The van der Waals surface area contributed by atoms with Gasteiger partial charge in [0, 0.05) is 6.54 Å². The Bertz CT molecular complexity index is 1110. The van der Waals surface area contributed by atoms with Gasteiger partial charge in [0.2, 0.25) is 10.0 Å². The Balaban J connectivity index is 1.72. The van der Waals surface area contributed by atoms with E-state index in [0.717, 1.165) is 29.2 Å². The highest BCUT2D eigenvalue weighted by Gasteiger charge is 2.36. The minimum Gasteiger partial charge on any atom is -0.493 e. The SMILES string of the molecule is COc1ccc([C@@H]2CCCN2S(=O)(=O)c2ccc3ccccc3c2)cc1OC. The summed E-state index contributed by atoms with van der Waals surface area (Å²) in [5, 5.41) is 1.95. The van der Waals surface area contributed by atoms with Gasteiger partial charge in [-0.15, -0.1) is 0 Å². The van der Waals surface area contributed by atoms with E-state index in [4.69, 9.17) is 9.47 Å². The van der Waals surface area contributed by atoms with Crippen molar-refractivity contribution in [1.29, 1.82) is 0 Å². The van der Waals surface area contributed by atoms with Gasteiger partial charge in [0.05, 0.1) is 25.2 Å². The molecule has 0 spiro atoms. The van der Waals surface area contributed by atoms with Gasteiger partial charge in [-0.3, -0.25) is 0 Å². The summed E-state index contributed by atoms with van der Waals surface area (Å²) in [6, 6.07) is 18.5. The molecule has 0 radical (unpaired) electrons. The number of hydrogen-bond donors (Lipinski definition) is 0. The Morgan fingerprint density at radius 1 is 0.893 bits per heavy atom. The van der Waals surface area contributed by atoms with Crippen LogP contribution in [0, 0.1) is 0 Å². The van der Waals surface area contributed by atoms with Crippen LogP contribution in [-0.2, 0) is 10.0 Å². The van der Waals surface area contributed by atoms with Crippen LogP contribution in [0.4, 0.5) is 0 Å². The molecule has 3 aromatic rings. The normalized spacial score (nSPS) is 17.7. The number of methoxy groups -OCH3 is 2. The fourth-order valence-corrected chi connectivity index (χ4v) is 5.60. The molecular formula is C22H23NO4S. The van der Waals surface area contributed by atoms with Gasteiger partial charge in [0.25, 0.3) is 0 Å². The molecule has 0 amide bonds. The zero-order chi connectivity index (χ0) is 19.7. The van der Waals surface area contributed by atoms with Crippen LogP contribution in [0.1, 0.15) is 24.4 Å². The first-order valence-electron chi connectivity index (χ1n) is 9.27. The number of sulfonamides is 1. The van der Waals surface area contributed by atoms with E-state index in [1.807, 2.05) is 48.5 Å². The molecule has 0 saturated carbocycles. The Kier molecular flexibility index (Phi) is 5.00. The molecule has 0 unspecified atom stereocenters. The van der Waals surface area contributed by atoms with Crippen LogP contribution in [0.3, 0.4) is 0 Å². The first-order chi connectivity index (χ1) is 13.5. The molecule has 0 N–H and O–H groups in total. The molecule has 1 aliphatic rings. The monoisotopic (exact) mass is 397 g/mol. The summed E-state index contributed by atoms with van der Waals surface area (Å²) in [7, 11) is -0.431. The smallest absolute Gasteiger partial charge is 0.243 e. The lowest BCUT2D eigenvalue weighted by Crippen LogP contribution is -2.30. The molecule has 28 heavy (non-hydrogen) atoms. The molecule has 1 aliphatic heterocycles. The van der Waals surface area contributed by atoms with Crippen molar-refractivity contribution in [1.82, 2.24) is 4.31 Å². The molecule has 1 fully saturated rings. The van der Waals surface area contributed by atoms with E-state index in [1.165, 1.54) is 0 Å². The number of benzene rings is 3. The maximum absolute atomic E-state index is 13.4. The van der Waals surface area contributed by atoms with Crippen molar-refractivity contribution in [2.24, 2.45) is 0 Å². The van der Waals surface area contributed by atoms with E-state index >= 15 is 0 Å². The van der Waals surface area contributed by atoms with E-state index < -0.39 is 10.0 Å². The minimum absolute atomic E-state index is 0.212. The van der Waals surface area contributed by atoms with Crippen molar-refractivity contribution < 1.29 is 17.9 Å². The number of hydrogen-bond acceptors (Lipinski definition) is 4. The summed E-state index contributed by atoms with van der Waals surface area (Å²) in [5.41, 5.74) is 0.916. The molecule has 146 valence electrons. The summed E-state index contributed by atoms with van der Waals surface area (Å²) in [4.78, 5) is 0.332. The van der Waals surface area contributed by atoms with Crippen LogP contribution in [0.5, 0.6) is 11.5 Å². The molecule has 5 nitrogen and oxygen atoms in total. The van der Waals surface area contributed by atoms with Crippen LogP contribution in [0.2, 0.25) is 0 Å². The lowest BCUT2D eigenvalue weighted by molar-refractivity contribution is 0.351. The quantitative estimate of drug-likeness (QED) is 0.641. The van der Waals surface area contributed by atoms with Crippen molar-refractivity contribution in [2.45, 2.75) is 23.8 Å². The van der Waals surface area contributed by atoms with Gasteiger partial charge in [-0.2, -0.15) is 4.31 Å². The van der Waals surface area contributed by atoms with Crippen LogP contribution < -0.4 is 9.47 Å². The molecule has 1 saturated heterocycles. The summed E-state index contributed by atoms with van der Waals surface area (Å²) in [6.45, 7) is 0.508. The van der Waals surface area contributed by atoms with Gasteiger partial charge in [0.1, 0.15) is 0 Å². The van der Waals surface area contributed by atoms with Gasteiger partial charge in [-0.25, -0.2) is 8.42 Å². The van der Waals surface area contributed by atoms with Crippen LogP contribution in [-0.4, -0.2) is 33.5 Å². The molecule has 6 heteroatoms. The van der Waals surface area contributed by atoms with Crippen molar-refractivity contribution in [3.8, 4) is 11.5 Å². The number of ether oxygens (including phenoxy) is 2. The molecule has 4 rings (SSSR count). The molecule has 0 aliphatic carbocycles. The van der Waals surface area contributed by atoms with E-state index in [-0.39, 0.29) is 6.04 Å². The predicted octanol–water partition coefficient (Wildman–Crippen LogP) is 4.38. The molecule has 0 bridgehead atoms. The molecule has 3 aromatic carbocycles. The van der Waals surface area contributed by atoms with Crippen molar-refractivity contribution in [3.05, 3.63) is 66.2 Å². The Labute approximate surface area is 165 Å². The molecule has 0 aromatic heterocycles. The topological polar surface area (TPSA) is 55.8 Å². The summed E-state index contributed by atoms with van der Waals surface area (Å²) >= 11 is 0. The highest BCUT2D eigenvalue weighted by atomic mass is 32.2. The van der Waals surface area contributed by atoms with E-state index in [2.05, 4.69) is 0 Å². The van der Waals surface area contributed by atoms with E-state index in [0.29, 0.717) is 22.9 Å². The standard InChI is InChI=1S/C22H23NO4S/c1-26-21-12-10-18(15-22(21)27-2)20-8-5-13-23(20)28(24,25)19-11-9-16-6-3-4-7-17(16)14-19/h3-4,6-7,9-12,14-15,20H,5,8,13H2,1-2H3/t20-/m0/s1. The van der Waals surface area contributed by atoms with Gasteiger partial charge in [-0.05, 0) is 53.4 Å². The highest BCUT2D eigenvalue weighted by Crippen LogP contribution is 2.40. The zero-order valence-corrected chi connectivity index (χ0v) is 16.8. The third-order valence-electron chi connectivity index (χ3n) is 5.32. The highest BCUT2D eigenvalue weighted by molar-refractivity contribution is 7.89. The lowest BCUT2D eigenvalue weighted by Gasteiger charge is -2.25. The zero-order valence-electron chi connectivity index (χ0n) is 16.0. The van der Waals surface area contributed by atoms with Crippen molar-refractivity contribution in [2.75, 3.05) is 20.8 Å². The van der Waals surface area contributed by atoms with Crippen LogP contribution in [0.25, 0.3) is 10.8 Å². The summed E-state index contributed by atoms with van der Waals surface area (Å²) in [5.74, 6) is 1.24. The fourth-order valence-electron chi connectivity index (χ4n) is 3.88. The number of rotatable bonds is 5. The average molecular weight is 397 g/mol. The Morgan fingerprint density at radius 3 is 2.39 bits per heavy atom. The second-order valence-corrected chi connectivity index (χ2v) is 8.79. The Morgan fingerprint density at radius 2 is 1.64 bits per heavy atom. The predicted molar refractivity (Wildman–Crippen MR) is 109 cm³/mol. The minimum atomic E-state index is -3.60. The summed E-state index contributed by atoms with van der Waals surface area (Å²) in [6.07, 6.45) is 1.61.